The zero-order valence-electron chi connectivity index (χ0n) is 11.2. The second-order valence-corrected chi connectivity index (χ2v) is 5.51. The minimum Gasteiger partial charge on any atom is -0.326 e. The third kappa shape index (κ3) is 2.25. The van der Waals surface area contributed by atoms with Gasteiger partial charge in [0.1, 0.15) is 5.82 Å². The molecule has 0 unspecified atom stereocenters. The van der Waals surface area contributed by atoms with E-state index in [0.717, 1.165) is 10.8 Å². The van der Waals surface area contributed by atoms with E-state index in [4.69, 9.17) is 5.73 Å². The smallest absolute Gasteiger partial charge is 0.131 e. The van der Waals surface area contributed by atoms with Gasteiger partial charge in [0.25, 0.3) is 0 Å². The Morgan fingerprint density at radius 3 is 2.53 bits per heavy atom. The molecule has 100 valence electrons. The quantitative estimate of drug-likeness (QED) is 0.843. The van der Waals surface area contributed by atoms with Crippen LogP contribution in [0.15, 0.2) is 30.3 Å². The van der Waals surface area contributed by atoms with E-state index in [-0.39, 0.29) is 5.82 Å². The van der Waals surface area contributed by atoms with E-state index in [0.29, 0.717) is 12.5 Å². The van der Waals surface area contributed by atoms with E-state index in [1.54, 1.807) is 0 Å². The summed E-state index contributed by atoms with van der Waals surface area (Å²) in [7, 11) is 0. The van der Waals surface area contributed by atoms with Gasteiger partial charge in [0, 0.05) is 11.9 Å². The third-order valence-electron chi connectivity index (χ3n) is 4.37. The van der Waals surface area contributed by atoms with Crippen LogP contribution in [-0.2, 0) is 6.54 Å². The summed E-state index contributed by atoms with van der Waals surface area (Å²) >= 11 is 0. The largest absolute Gasteiger partial charge is 0.326 e. The topological polar surface area (TPSA) is 26.0 Å². The highest BCUT2D eigenvalue weighted by molar-refractivity contribution is 5.88. The molecule has 0 atom stereocenters. The van der Waals surface area contributed by atoms with Crippen LogP contribution in [0.5, 0.6) is 0 Å². The summed E-state index contributed by atoms with van der Waals surface area (Å²) in [5, 5.41) is 1.80. The Morgan fingerprint density at radius 1 is 1.00 bits per heavy atom. The zero-order chi connectivity index (χ0) is 13.2. The molecule has 2 N–H and O–H groups in total. The molecule has 0 spiro atoms. The average Bonchev–Trinajstić information content (AvgIpc) is 2.47. The van der Waals surface area contributed by atoms with Gasteiger partial charge in [0.2, 0.25) is 0 Å². The molecule has 0 radical (unpaired) electrons. The summed E-state index contributed by atoms with van der Waals surface area (Å²) in [4.78, 5) is 0. The predicted octanol–water partition coefficient (Wildman–Crippen LogP) is 4.49. The highest BCUT2D eigenvalue weighted by Gasteiger charge is 2.20. The zero-order valence-corrected chi connectivity index (χ0v) is 11.2. The number of benzene rings is 2. The molecule has 2 heteroatoms. The van der Waals surface area contributed by atoms with E-state index in [2.05, 4.69) is 0 Å². The molecule has 0 heterocycles. The fourth-order valence-electron chi connectivity index (χ4n) is 3.44. The lowest BCUT2D eigenvalue weighted by atomic mass is 9.80. The van der Waals surface area contributed by atoms with Crippen LogP contribution in [0, 0.1) is 5.82 Å². The van der Waals surface area contributed by atoms with Gasteiger partial charge in [-0.1, -0.05) is 43.5 Å². The van der Waals surface area contributed by atoms with Crippen molar-refractivity contribution in [2.75, 3.05) is 0 Å². The average molecular weight is 257 g/mol. The maximum absolute atomic E-state index is 13.9. The highest BCUT2D eigenvalue weighted by atomic mass is 19.1. The summed E-state index contributed by atoms with van der Waals surface area (Å²) in [5.41, 5.74) is 8.38. The molecular formula is C17H20FN. The van der Waals surface area contributed by atoms with E-state index in [9.17, 15) is 4.39 Å². The van der Waals surface area contributed by atoms with Crippen molar-refractivity contribution in [2.45, 2.75) is 44.6 Å². The van der Waals surface area contributed by atoms with Crippen molar-refractivity contribution in [3.8, 4) is 0 Å². The molecule has 3 rings (SSSR count). The highest BCUT2D eigenvalue weighted by Crippen LogP contribution is 2.38. The van der Waals surface area contributed by atoms with Crippen molar-refractivity contribution in [1.29, 1.82) is 0 Å². The monoisotopic (exact) mass is 257 g/mol. The summed E-state index contributed by atoms with van der Waals surface area (Å²) in [6.07, 6.45) is 6.31. The first kappa shape index (κ1) is 12.6. The number of rotatable bonds is 2. The van der Waals surface area contributed by atoms with Crippen LogP contribution in [0.1, 0.15) is 49.1 Å². The van der Waals surface area contributed by atoms with Gasteiger partial charge in [0.05, 0.1) is 0 Å². The summed E-state index contributed by atoms with van der Waals surface area (Å²) < 4.78 is 13.9. The Bertz CT molecular complexity index is 585. The molecule has 19 heavy (non-hydrogen) atoms. The molecule has 1 aliphatic rings. The maximum Gasteiger partial charge on any atom is 0.131 e. The Labute approximate surface area is 113 Å². The van der Waals surface area contributed by atoms with Crippen molar-refractivity contribution in [3.63, 3.8) is 0 Å². The lowest BCUT2D eigenvalue weighted by molar-refractivity contribution is 0.443. The van der Waals surface area contributed by atoms with Crippen LogP contribution in [0.3, 0.4) is 0 Å². The van der Waals surface area contributed by atoms with Crippen LogP contribution < -0.4 is 5.73 Å². The lowest BCUT2D eigenvalue weighted by Crippen LogP contribution is -2.10. The lowest BCUT2D eigenvalue weighted by Gasteiger charge is -2.25. The van der Waals surface area contributed by atoms with Crippen molar-refractivity contribution >= 4 is 10.8 Å². The second-order valence-electron chi connectivity index (χ2n) is 5.51. The Morgan fingerprint density at radius 2 is 1.79 bits per heavy atom. The molecule has 2 aromatic rings. The van der Waals surface area contributed by atoms with Gasteiger partial charge in [-0.2, -0.15) is 0 Å². The molecule has 1 fully saturated rings. The maximum atomic E-state index is 13.9. The van der Waals surface area contributed by atoms with Gasteiger partial charge in [-0.15, -0.1) is 0 Å². The van der Waals surface area contributed by atoms with Crippen LogP contribution in [0.2, 0.25) is 0 Å². The van der Waals surface area contributed by atoms with E-state index in [1.807, 2.05) is 24.3 Å². The molecule has 1 aliphatic carbocycles. The number of fused-ring (bicyclic) bond motifs is 1. The van der Waals surface area contributed by atoms with E-state index >= 15 is 0 Å². The minimum absolute atomic E-state index is 0.127. The molecular weight excluding hydrogens is 237 g/mol. The molecule has 0 bridgehead atoms. The molecule has 0 aliphatic heterocycles. The van der Waals surface area contributed by atoms with Gasteiger partial charge < -0.3 is 5.73 Å². The summed E-state index contributed by atoms with van der Waals surface area (Å²) in [5.74, 6) is 0.427. The van der Waals surface area contributed by atoms with Gasteiger partial charge in [-0.3, -0.25) is 0 Å². The Balaban J connectivity index is 2.20. The molecule has 0 saturated heterocycles. The number of halogens is 1. The molecule has 1 saturated carbocycles. The second kappa shape index (κ2) is 5.30. The Kier molecular flexibility index (Phi) is 3.52. The van der Waals surface area contributed by atoms with Crippen LogP contribution >= 0.6 is 0 Å². The van der Waals surface area contributed by atoms with Gasteiger partial charge in [-0.05, 0) is 41.3 Å². The fourth-order valence-corrected chi connectivity index (χ4v) is 3.44. The van der Waals surface area contributed by atoms with E-state index < -0.39 is 0 Å². The van der Waals surface area contributed by atoms with E-state index in [1.165, 1.54) is 49.3 Å². The Hall–Kier alpha value is -1.41. The van der Waals surface area contributed by atoms with Crippen molar-refractivity contribution in [1.82, 2.24) is 0 Å². The first-order valence-electron chi connectivity index (χ1n) is 7.21. The summed E-state index contributed by atoms with van der Waals surface area (Å²) in [6, 6.07) is 9.27. The van der Waals surface area contributed by atoms with Crippen molar-refractivity contribution < 1.29 is 4.39 Å². The molecule has 1 nitrogen and oxygen atoms in total. The van der Waals surface area contributed by atoms with Crippen molar-refractivity contribution in [3.05, 3.63) is 47.3 Å². The standard InChI is InChI=1S/C17H20FN/c18-16-8-4-7-15-14(16)10-9-13(11-19)17(15)12-5-2-1-3-6-12/h4,7-10,12H,1-3,5-6,11,19H2. The molecule has 0 aromatic heterocycles. The fraction of sp³-hybridized carbons (Fsp3) is 0.412. The predicted molar refractivity (Wildman–Crippen MR) is 77.6 cm³/mol. The van der Waals surface area contributed by atoms with Gasteiger partial charge >= 0.3 is 0 Å². The van der Waals surface area contributed by atoms with Gasteiger partial charge in [-0.25, -0.2) is 4.39 Å². The third-order valence-corrected chi connectivity index (χ3v) is 4.37. The first-order chi connectivity index (χ1) is 9.31. The molecule has 0 amide bonds. The molecule has 2 aromatic carbocycles. The minimum atomic E-state index is -0.127. The van der Waals surface area contributed by atoms with Crippen molar-refractivity contribution in [2.24, 2.45) is 5.73 Å². The van der Waals surface area contributed by atoms with Crippen LogP contribution in [0.25, 0.3) is 10.8 Å². The van der Waals surface area contributed by atoms with Crippen LogP contribution in [-0.4, -0.2) is 0 Å². The van der Waals surface area contributed by atoms with Gasteiger partial charge in [0.15, 0.2) is 0 Å². The SMILES string of the molecule is NCc1ccc2c(F)cccc2c1C1CCCCC1. The normalized spacial score (nSPS) is 16.9. The number of hydrogen-bond acceptors (Lipinski definition) is 1. The summed E-state index contributed by atoms with van der Waals surface area (Å²) in [6.45, 7) is 0.540. The van der Waals surface area contributed by atoms with Crippen LogP contribution in [0.4, 0.5) is 4.39 Å². The first-order valence-corrected chi connectivity index (χ1v) is 7.21. The number of nitrogens with two attached hydrogens (primary N) is 1. The number of hydrogen-bond donors (Lipinski definition) is 1.